The maximum Gasteiger partial charge on any atom is 0.308 e. The number of methoxy groups -OCH3 is 5. The lowest BCUT2D eigenvalue weighted by Gasteiger charge is -2.24. The lowest BCUT2D eigenvalue weighted by molar-refractivity contribution is -0.131. The van der Waals surface area contributed by atoms with E-state index in [2.05, 4.69) is 15.9 Å². The van der Waals surface area contributed by atoms with Gasteiger partial charge in [0.1, 0.15) is 45.2 Å². The van der Waals surface area contributed by atoms with Crippen LogP contribution in [0.2, 0.25) is 0 Å². The molecule has 0 aliphatic rings. The van der Waals surface area contributed by atoms with Crippen molar-refractivity contribution in [3.8, 4) is 28.7 Å². The van der Waals surface area contributed by atoms with E-state index in [0.717, 1.165) is 0 Å². The molecule has 8 nitrogen and oxygen atoms in total. The van der Waals surface area contributed by atoms with Crippen LogP contribution in [0.1, 0.15) is 28.9 Å². The van der Waals surface area contributed by atoms with E-state index in [9.17, 15) is 9.59 Å². The lowest BCUT2D eigenvalue weighted by Crippen LogP contribution is -2.26. The minimum atomic E-state index is -0.864. The number of rotatable bonds is 10. The zero-order chi connectivity index (χ0) is 23.1. The normalized spacial score (nSPS) is 12.5. The Kier molecular flexibility index (Phi) is 8.70. The molecule has 0 N–H and O–H groups in total. The molecule has 0 spiro atoms. The molecule has 0 fully saturated rings. The summed E-state index contributed by atoms with van der Waals surface area (Å²) >= 11 is 3.45. The molecule has 0 radical (unpaired) electrons. The van der Waals surface area contributed by atoms with Gasteiger partial charge in [-0.25, -0.2) is 0 Å². The van der Waals surface area contributed by atoms with Gasteiger partial charge < -0.3 is 28.4 Å². The van der Waals surface area contributed by atoms with Crippen LogP contribution < -0.4 is 23.7 Å². The second kappa shape index (κ2) is 11.0. The second-order valence-electron chi connectivity index (χ2n) is 6.33. The molecule has 2 aromatic carbocycles. The average molecular weight is 497 g/mol. The molecule has 0 saturated carbocycles. The van der Waals surface area contributed by atoms with Gasteiger partial charge in [-0.2, -0.15) is 0 Å². The number of esters is 1. The van der Waals surface area contributed by atoms with Crippen molar-refractivity contribution in [1.29, 1.82) is 0 Å². The number of alkyl halides is 1. The predicted molar refractivity (Wildman–Crippen MR) is 117 cm³/mol. The SMILES string of the molecule is COc1ccc(C(OC)C(Br)C(=O)c2c(OC)cc(OC)cc2OC(C)=O)c(OC)c1. The van der Waals surface area contributed by atoms with Crippen LogP contribution in [0, 0.1) is 0 Å². The summed E-state index contributed by atoms with van der Waals surface area (Å²) in [6, 6.07) is 8.18. The fraction of sp³-hybridized carbons (Fsp3) is 0.364. The van der Waals surface area contributed by atoms with Crippen LogP contribution in [-0.2, 0) is 9.53 Å². The van der Waals surface area contributed by atoms with Crippen molar-refractivity contribution in [1.82, 2.24) is 0 Å². The maximum atomic E-state index is 13.5. The van der Waals surface area contributed by atoms with Gasteiger partial charge in [0.25, 0.3) is 0 Å². The van der Waals surface area contributed by atoms with Gasteiger partial charge in [-0.05, 0) is 12.1 Å². The Morgan fingerprint density at radius 1 is 0.806 bits per heavy atom. The van der Waals surface area contributed by atoms with Gasteiger partial charge in [-0.1, -0.05) is 15.9 Å². The van der Waals surface area contributed by atoms with E-state index in [1.165, 1.54) is 47.5 Å². The van der Waals surface area contributed by atoms with Gasteiger partial charge in [-0.3, -0.25) is 9.59 Å². The first-order valence-electron chi connectivity index (χ1n) is 9.18. The summed E-state index contributed by atoms with van der Waals surface area (Å²) in [4.78, 5) is 24.3. The van der Waals surface area contributed by atoms with Crippen molar-refractivity contribution < 1.29 is 38.0 Å². The molecular formula is C22H25BrO8. The third-order valence-corrected chi connectivity index (χ3v) is 5.41. The van der Waals surface area contributed by atoms with Gasteiger partial charge in [-0.15, -0.1) is 0 Å². The highest BCUT2D eigenvalue weighted by Gasteiger charge is 2.34. The van der Waals surface area contributed by atoms with E-state index >= 15 is 0 Å². The Balaban J connectivity index is 2.55. The van der Waals surface area contributed by atoms with Crippen LogP contribution in [0.4, 0.5) is 0 Å². The highest BCUT2D eigenvalue weighted by Crippen LogP contribution is 2.41. The molecular weight excluding hydrogens is 472 g/mol. The third-order valence-electron chi connectivity index (χ3n) is 4.51. The van der Waals surface area contributed by atoms with Crippen molar-refractivity contribution in [3.05, 3.63) is 41.5 Å². The first-order valence-corrected chi connectivity index (χ1v) is 10.1. The minimum absolute atomic E-state index is 0.0229. The van der Waals surface area contributed by atoms with E-state index in [0.29, 0.717) is 22.8 Å². The Hall–Kier alpha value is -2.78. The van der Waals surface area contributed by atoms with Gasteiger partial charge in [0.15, 0.2) is 5.78 Å². The topological polar surface area (TPSA) is 89.5 Å². The van der Waals surface area contributed by atoms with Crippen molar-refractivity contribution in [2.75, 3.05) is 35.5 Å². The zero-order valence-electron chi connectivity index (χ0n) is 18.2. The fourth-order valence-corrected chi connectivity index (χ4v) is 3.79. The molecule has 2 atom stereocenters. The average Bonchev–Trinajstić information content (AvgIpc) is 2.77. The molecule has 31 heavy (non-hydrogen) atoms. The van der Waals surface area contributed by atoms with Crippen LogP contribution in [0.25, 0.3) is 0 Å². The van der Waals surface area contributed by atoms with Crippen LogP contribution in [0.15, 0.2) is 30.3 Å². The molecule has 0 aliphatic carbocycles. The maximum absolute atomic E-state index is 13.5. The largest absolute Gasteiger partial charge is 0.497 e. The van der Waals surface area contributed by atoms with E-state index < -0.39 is 22.7 Å². The summed E-state index contributed by atoms with van der Waals surface area (Å²) in [6.45, 7) is 1.24. The molecule has 0 saturated heterocycles. The minimum Gasteiger partial charge on any atom is -0.497 e. The van der Waals surface area contributed by atoms with E-state index in [1.54, 1.807) is 25.3 Å². The Labute approximate surface area is 189 Å². The van der Waals surface area contributed by atoms with Gasteiger partial charge in [0.05, 0.1) is 28.4 Å². The number of benzene rings is 2. The Morgan fingerprint density at radius 2 is 1.39 bits per heavy atom. The summed E-state index contributed by atoms with van der Waals surface area (Å²) in [5, 5.41) is 0. The molecule has 2 unspecified atom stereocenters. The lowest BCUT2D eigenvalue weighted by atomic mass is 9.97. The molecule has 2 rings (SSSR count). The quantitative estimate of drug-likeness (QED) is 0.211. The molecule has 0 amide bonds. The molecule has 0 aromatic heterocycles. The van der Waals surface area contributed by atoms with Crippen molar-refractivity contribution in [2.24, 2.45) is 0 Å². The van der Waals surface area contributed by atoms with Crippen LogP contribution in [-0.4, -0.2) is 52.1 Å². The van der Waals surface area contributed by atoms with Gasteiger partial charge in [0, 0.05) is 37.8 Å². The van der Waals surface area contributed by atoms with Crippen LogP contribution >= 0.6 is 15.9 Å². The summed E-state index contributed by atoms with van der Waals surface area (Å²) in [6.07, 6.45) is -0.731. The standard InChI is InChI=1S/C22H25BrO8/c1-12(24)31-18-11-14(27-3)10-17(29-5)19(18)21(25)20(23)22(30-6)15-8-7-13(26-2)9-16(15)28-4/h7-11,20,22H,1-6H3. The monoisotopic (exact) mass is 496 g/mol. The number of hydrogen-bond acceptors (Lipinski definition) is 8. The second-order valence-corrected chi connectivity index (χ2v) is 7.31. The summed E-state index contributed by atoms with van der Waals surface area (Å²) in [5.74, 6) is 0.676. The van der Waals surface area contributed by atoms with Crippen molar-refractivity contribution in [3.63, 3.8) is 0 Å². The summed E-state index contributed by atoms with van der Waals surface area (Å²) in [7, 11) is 7.41. The first-order chi connectivity index (χ1) is 14.8. The predicted octanol–water partition coefficient (Wildman–Crippen LogP) is 3.98. The fourth-order valence-electron chi connectivity index (χ4n) is 3.06. The van der Waals surface area contributed by atoms with Crippen LogP contribution in [0.3, 0.4) is 0 Å². The first kappa shape index (κ1) is 24.5. The number of carbonyl (C=O) groups is 2. The van der Waals surface area contributed by atoms with Crippen molar-refractivity contribution >= 4 is 27.7 Å². The summed E-state index contributed by atoms with van der Waals surface area (Å²) in [5.41, 5.74) is 0.706. The number of halogens is 1. The molecule has 2 aromatic rings. The van der Waals surface area contributed by atoms with Crippen molar-refractivity contribution in [2.45, 2.75) is 17.9 Å². The molecule has 0 heterocycles. The van der Waals surface area contributed by atoms with Gasteiger partial charge in [0.2, 0.25) is 0 Å². The molecule has 0 aliphatic heterocycles. The summed E-state index contributed by atoms with van der Waals surface area (Å²) < 4.78 is 32.2. The van der Waals surface area contributed by atoms with E-state index in [1.807, 2.05) is 0 Å². The third kappa shape index (κ3) is 5.48. The zero-order valence-corrected chi connectivity index (χ0v) is 19.8. The molecule has 168 valence electrons. The van der Waals surface area contributed by atoms with E-state index in [4.69, 9.17) is 28.4 Å². The Bertz CT molecular complexity index is 943. The number of ketones is 1. The molecule has 9 heteroatoms. The number of Topliss-reactive ketones (excluding diaryl/α,β-unsaturated/α-hetero) is 1. The smallest absolute Gasteiger partial charge is 0.308 e. The number of hydrogen-bond donors (Lipinski definition) is 0. The highest BCUT2D eigenvalue weighted by molar-refractivity contribution is 9.10. The molecule has 0 bridgehead atoms. The number of carbonyl (C=O) groups excluding carboxylic acids is 2. The Morgan fingerprint density at radius 3 is 1.90 bits per heavy atom. The number of ether oxygens (including phenoxy) is 6. The van der Waals surface area contributed by atoms with E-state index in [-0.39, 0.29) is 17.1 Å². The highest BCUT2D eigenvalue weighted by atomic mass is 79.9. The van der Waals surface area contributed by atoms with Crippen LogP contribution in [0.5, 0.6) is 28.7 Å². The van der Waals surface area contributed by atoms with Gasteiger partial charge >= 0.3 is 5.97 Å².